The first-order chi connectivity index (χ1) is 24.0. The minimum atomic E-state index is -3.96. The lowest BCUT2D eigenvalue weighted by Crippen LogP contribution is -2.60. The summed E-state index contributed by atoms with van der Waals surface area (Å²) in [6, 6.07) is 0. The van der Waals surface area contributed by atoms with Crippen molar-refractivity contribution in [3.8, 4) is 0 Å². The van der Waals surface area contributed by atoms with Gasteiger partial charge in [0.2, 0.25) is 0 Å². The number of hydrazine groups is 1. The predicted octanol–water partition coefficient (Wildman–Crippen LogP) is 7.30. The van der Waals surface area contributed by atoms with E-state index >= 15 is 0 Å². The van der Waals surface area contributed by atoms with Gasteiger partial charge in [-0.25, -0.2) is 70.9 Å². The number of nitrogens with two attached hydrogens (primary N) is 1. The van der Waals surface area contributed by atoms with Crippen LogP contribution in [0, 0.1) is 87.3 Å². The summed E-state index contributed by atoms with van der Waals surface area (Å²) in [7, 11) is 0. The van der Waals surface area contributed by atoms with Crippen LogP contribution < -0.4 is 27.5 Å². The number of benzene rings is 3. The van der Waals surface area contributed by atoms with Crippen molar-refractivity contribution in [3.63, 3.8) is 0 Å². The van der Waals surface area contributed by atoms with Crippen LogP contribution in [0.25, 0.3) is 0 Å². The molecule has 4 rings (SSSR count). The zero-order valence-electron chi connectivity index (χ0n) is 26.8. The highest BCUT2D eigenvalue weighted by Gasteiger charge is 2.45. The number of hydrogen-bond acceptors (Lipinski definition) is 3. The molecule has 3 aromatic rings. The molecule has 0 aromatic heterocycles. The zero-order chi connectivity index (χ0) is 38.3. The second kappa shape index (κ2) is 18.4. The molecule has 0 aliphatic carbocycles. The normalized spacial score (nSPS) is 14.6. The average molecular weight is 753 g/mol. The van der Waals surface area contributed by atoms with E-state index in [1.165, 1.54) is 64.2 Å². The van der Waals surface area contributed by atoms with Gasteiger partial charge in [0.15, 0.2) is 87.3 Å². The molecule has 1 aliphatic rings. The molecule has 282 valence electrons. The topological polar surface area (TPSA) is 41.3 Å². The molecule has 3 nitrogen and oxygen atoms in total. The highest BCUT2D eigenvalue weighted by Crippen LogP contribution is 2.24. The summed E-state index contributed by atoms with van der Waals surface area (Å²) < 4.78 is 209. The first-order valence-corrected chi connectivity index (χ1v) is 15.8. The Balaban J connectivity index is 0.000000347. The summed E-state index contributed by atoms with van der Waals surface area (Å²) in [6.07, 6.45) is 14.3. The highest BCUT2D eigenvalue weighted by molar-refractivity contribution is 6.95. The Morgan fingerprint density at radius 1 is 0.471 bits per heavy atom. The van der Waals surface area contributed by atoms with E-state index in [1.807, 2.05) is 5.01 Å². The Labute approximate surface area is 283 Å². The van der Waals surface area contributed by atoms with E-state index in [4.69, 9.17) is 5.84 Å². The summed E-state index contributed by atoms with van der Waals surface area (Å²) in [5.41, 5.74) is -8.03. The van der Waals surface area contributed by atoms with Gasteiger partial charge in [0.1, 0.15) is 0 Å². The molecule has 19 heteroatoms. The van der Waals surface area contributed by atoms with Crippen LogP contribution in [-0.4, -0.2) is 31.0 Å². The number of nitrogens with one attached hydrogen (secondary N) is 1. The van der Waals surface area contributed by atoms with Gasteiger partial charge in [-0.15, -0.1) is 0 Å². The average Bonchev–Trinajstić information content (AvgIpc) is 3.53. The summed E-state index contributed by atoms with van der Waals surface area (Å²) >= 11 is 0. The molecule has 0 bridgehead atoms. The first kappa shape index (κ1) is 42.0. The molecule has 0 amide bonds. The second-order valence-corrected chi connectivity index (χ2v) is 11.7. The van der Waals surface area contributed by atoms with E-state index in [0.717, 1.165) is 13.1 Å². The molecule has 0 spiro atoms. The fourth-order valence-corrected chi connectivity index (χ4v) is 5.61. The maximum atomic E-state index is 14.4. The number of hydrogen-bond donors (Lipinski definition) is 2. The van der Waals surface area contributed by atoms with Crippen LogP contribution in [0.5, 0.6) is 0 Å². The molecule has 1 atom stereocenters. The quantitative estimate of drug-likeness (QED) is 0.0481. The van der Waals surface area contributed by atoms with E-state index in [0.29, 0.717) is 6.17 Å². The molecule has 1 heterocycles. The Hall–Kier alpha value is -3.45. The monoisotopic (exact) mass is 753 g/mol. The third-order valence-electron chi connectivity index (χ3n) is 8.33. The lowest BCUT2D eigenvalue weighted by Gasteiger charge is -2.21. The van der Waals surface area contributed by atoms with Gasteiger partial charge in [-0.1, -0.05) is 64.7 Å². The smallest absolute Gasteiger partial charge is 0.265 e. The van der Waals surface area contributed by atoms with Crippen molar-refractivity contribution >= 4 is 23.1 Å². The van der Waals surface area contributed by atoms with Gasteiger partial charge in [0.05, 0.1) is 6.17 Å². The standard InChI is InChI=1S/C18BF15.C14H31N3/c20-4-1(5(21)11(27)16(32)10(4)26)19(2-6(22)12(28)17(33)13(29)7(2)23)3-8(24)14(30)18(34)15(31)9(3)25;1-2-3-4-5-6-7-8-9-10-11-14-16-12-13-17(14)15/h;14,16H,2-13,15H2,1H3. The van der Waals surface area contributed by atoms with E-state index in [9.17, 15) is 65.9 Å². The molecule has 1 unspecified atom stereocenters. The van der Waals surface area contributed by atoms with Crippen LogP contribution >= 0.6 is 0 Å². The molecule has 51 heavy (non-hydrogen) atoms. The van der Waals surface area contributed by atoms with E-state index in [-0.39, 0.29) is 0 Å². The maximum Gasteiger partial charge on any atom is 0.265 e. The van der Waals surface area contributed by atoms with E-state index < -0.39 is 110 Å². The fourth-order valence-electron chi connectivity index (χ4n) is 5.61. The molecular formula is C32H31BF15N3. The van der Waals surface area contributed by atoms with Gasteiger partial charge in [-0.2, -0.15) is 0 Å². The maximum absolute atomic E-state index is 14.4. The number of halogens is 15. The van der Waals surface area contributed by atoms with Crippen LogP contribution in [0.4, 0.5) is 65.9 Å². The summed E-state index contributed by atoms with van der Waals surface area (Å²) in [5.74, 6) is -39.4. The molecule has 0 saturated carbocycles. The SMILES string of the molecule is CCCCCCCCCCCC1NCCN1N.Fc1c(F)c(F)c(B(c2c(F)c(F)c(F)c(F)c2F)c2c(F)c(F)c(F)c(F)c2F)c(F)c1F. The van der Waals surface area contributed by atoms with Crippen molar-refractivity contribution in [3.05, 3.63) is 87.3 Å². The van der Waals surface area contributed by atoms with Gasteiger partial charge >= 0.3 is 0 Å². The minimum Gasteiger partial charge on any atom is -0.299 e. The van der Waals surface area contributed by atoms with Crippen molar-refractivity contribution in [2.24, 2.45) is 5.84 Å². The number of nitrogens with zero attached hydrogens (tertiary/aromatic N) is 1. The van der Waals surface area contributed by atoms with Crippen LogP contribution in [0.1, 0.15) is 71.1 Å². The van der Waals surface area contributed by atoms with Crippen molar-refractivity contribution < 1.29 is 65.9 Å². The van der Waals surface area contributed by atoms with Crippen LogP contribution in [0.3, 0.4) is 0 Å². The third-order valence-corrected chi connectivity index (χ3v) is 8.33. The summed E-state index contributed by atoms with van der Waals surface area (Å²) in [6.45, 7) is 0.372. The van der Waals surface area contributed by atoms with Crippen LogP contribution in [0.15, 0.2) is 0 Å². The first-order valence-electron chi connectivity index (χ1n) is 15.8. The van der Waals surface area contributed by atoms with Gasteiger partial charge in [-0.05, 0) is 6.42 Å². The molecular weight excluding hydrogens is 722 g/mol. The van der Waals surface area contributed by atoms with Crippen molar-refractivity contribution in [1.29, 1.82) is 0 Å². The van der Waals surface area contributed by atoms with Crippen molar-refractivity contribution in [1.82, 2.24) is 10.3 Å². The van der Waals surface area contributed by atoms with Gasteiger partial charge in [0, 0.05) is 29.5 Å². The second-order valence-electron chi connectivity index (χ2n) is 11.7. The summed E-state index contributed by atoms with van der Waals surface area (Å²) in [4.78, 5) is 0. The number of unbranched alkanes of at least 4 members (excludes halogenated alkanes) is 8. The highest BCUT2D eigenvalue weighted by atomic mass is 19.2. The molecule has 1 fully saturated rings. The molecule has 1 aliphatic heterocycles. The van der Waals surface area contributed by atoms with Crippen LogP contribution in [0.2, 0.25) is 0 Å². The van der Waals surface area contributed by atoms with Gasteiger partial charge in [-0.3, -0.25) is 11.2 Å². The largest absolute Gasteiger partial charge is 0.299 e. The molecule has 3 N–H and O–H groups in total. The Bertz CT molecular complexity index is 1460. The van der Waals surface area contributed by atoms with Crippen LogP contribution in [-0.2, 0) is 0 Å². The lowest BCUT2D eigenvalue weighted by atomic mass is 9.36. The molecule has 3 aromatic carbocycles. The zero-order valence-corrected chi connectivity index (χ0v) is 26.8. The Morgan fingerprint density at radius 2 is 0.745 bits per heavy atom. The number of rotatable bonds is 13. The van der Waals surface area contributed by atoms with Crippen molar-refractivity contribution in [2.45, 2.75) is 77.3 Å². The predicted molar refractivity (Wildman–Crippen MR) is 158 cm³/mol. The van der Waals surface area contributed by atoms with E-state index in [1.54, 1.807) is 0 Å². The van der Waals surface area contributed by atoms with Gasteiger partial charge in [0.25, 0.3) is 6.71 Å². The third kappa shape index (κ3) is 8.96. The molecule has 1 saturated heterocycles. The van der Waals surface area contributed by atoms with Crippen molar-refractivity contribution in [2.75, 3.05) is 13.1 Å². The molecule has 0 radical (unpaired) electrons. The lowest BCUT2D eigenvalue weighted by molar-refractivity contribution is 0.231. The van der Waals surface area contributed by atoms with E-state index in [2.05, 4.69) is 12.2 Å². The van der Waals surface area contributed by atoms with Gasteiger partial charge < -0.3 is 0 Å². The summed E-state index contributed by atoms with van der Waals surface area (Å²) in [5, 5.41) is 5.38. The fraction of sp³-hybridized carbons (Fsp3) is 0.438. The Morgan fingerprint density at radius 3 is 1.02 bits per heavy atom. The minimum absolute atomic E-state index is 0.444. The Kier molecular flexibility index (Phi) is 15.1.